The lowest BCUT2D eigenvalue weighted by atomic mass is 10.0. The number of amides is 1. The molecule has 2 aromatic carbocycles. The van der Waals surface area contributed by atoms with E-state index in [0.29, 0.717) is 11.3 Å². The van der Waals surface area contributed by atoms with E-state index in [1.54, 1.807) is 18.2 Å². The lowest BCUT2D eigenvalue weighted by molar-refractivity contribution is -0.144. The van der Waals surface area contributed by atoms with Gasteiger partial charge in [0.1, 0.15) is 18.5 Å². The summed E-state index contributed by atoms with van der Waals surface area (Å²) in [5.41, 5.74) is 1.02. The summed E-state index contributed by atoms with van der Waals surface area (Å²) in [6.45, 7) is -1.94. The van der Waals surface area contributed by atoms with Crippen LogP contribution in [0.5, 0.6) is 5.75 Å². The molecule has 27 heavy (non-hydrogen) atoms. The Labute approximate surface area is 152 Å². The van der Waals surface area contributed by atoms with Crippen molar-refractivity contribution >= 4 is 17.6 Å². The second kappa shape index (κ2) is 7.18. The van der Waals surface area contributed by atoms with E-state index >= 15 is 0 Å². The van der Waals surface area contributed by atoms with Gasteiger partial charge in [0.05, 0.1) is 5.56 Å². The van der Waals surface area contributed by atoms with Crippen LogP contribution in [0.15, 0.2) is 48.5 Å². The number of nitrogens with one attached hydrogen (secondary N) is 1. The number of carboxylic acids is 1. The van der Waals surface area contributed by atoms with Crippen molar-refractivity contribution in [2.75, 3.05) is 18.5 Å². The molecule has 0 fully saturated rings. The van der Waals surface area contributed by atoms with Crippen LogP contribution in [-0.4, -0.2) is 41.2 Å². The first-order valence-electron chi connectivity index (χ1n) is 7.92. The molecule has 0 aliphatic carbocycles. The van der Waals surface area contributed by atoms with Gasteiger partial charge in [-0.1, -0.05) is 24.3 Å². The van der Waals surface area contributed by atoms with Crippen LogP contribution in [0.2, 0.25) is 0 Å². The first-order chi connectivity index (χ1) is 12.7. The third-order valence-electron chi connectivity index (χ3n) is 3.93. The number of para-hydroxylation sites is 1. The number of carboxylic acid groups (broad SMARTS) is 1. The molecule has 2 N–H and O–H groups in total. The third kappa shape index (κ3) is 4.30. The molecule has 1 amide bonds. The van der Waals surface area contributed by atoms with Gasteiger partial charge in [-0.3, -0.25) is 4.79 Å². The number of fused-ring (bicyclic) bond motifs is 1. The van der Waals surface area contributed by atoms with Crippen LogP contribution in [0, 0.1) is 0 Å². The number of anilines is 1. The van der Waals surface area contributed by atoms with E-state index in [1.165, 1.54) is 30.3 Å². The minimum atomic E-state index is -4.56. The lowest BCUT2D eigenvalue weighted by Gasteiger charge is -2.38. The van der Waals surface area contributed by atoms with Crippen LogP contribution < -0.4 is 10.1 Å². The first kappa shape index (κ1) is 18.6. The molecule has 0 aromatic heterocycles. The molecule has 0 spiro atoms. The normalized spacial score (nSPS) is 16.5. The van der Waals surface area contributed by atoms with E-state index < -0.39 is 37.4 Å². The van der Waals surface area contributed by atoms with E-state index in [9.17, 15) is 22.8 Å². The van der Waals surface area contributed by atoms with Crippen LogP contribution in [-0.2, 0) is 4.79 Å². The molecule has 0 saturated carbocycles. The van der Waals surface area contributed by atoms with Crippen LogP contribution in [0.1, 0.15) is 22.1 Å². The summed E-state index contributed by atoms with van der Waals surface area (Å²) in [4.78, 5) is 23.9. The van der Waals surface area contributed by atoms with Gasteiger partial charge in [-0.15, -0.1) is 0 Å². The Hall–Kier alpha value is -3.23. The number of ether oxygens (including phenoxy) is 1. The second-order valence-corrected chi connectivity index (χ2v) is 5.89. The number of nitrogens with zero attached hydrogens (tertiary/aromatic N) is 1. The number of hydrogen-bond donors (Lipinski definition) is 2. The van der Waals surface area contributed by atoms with Crippen molar-refractivity contribution in [2.45, 2.75) is 12.3 Å². The first-order valence-corrected chi connectivity index (χ1v) is 7.92. The molecule has 3 rings (SSSR count). The van der Waals surface area contributed by atoms with Crippen molar-refractivity contribution < 1.29 is 32.6 Å². The Kier molecular flexibility index (Phi) is 4.93. The SMILES string of the molecule is O=C(O)COc1ccc([C@H]2Nc3ccccc3C(=O)N2CC(F)(F)F)cc1. The summed E-state index contributed by atoms with van der Waals surface area (Å²) in [5.74, 6) is -1.62. The molecule has 9 heteroatoms. The number of halogens is 3. The van der Waals surface area contributed by atoms with E-state index in [1.807, 2.05) is 0 Å². The van der Waals surface area contributed by atoms with Crippen LogP contribution in [0.25, 0.3) is 0 Å². The fourth-order valence-electron chi connectivity index (χ4n) is 2.80. The van der Waals surface area contributed by atoms with E-state index in [0.717, 1.165) is 4.90 Å². The van der Waals surface area contributed by atoms with Crippen molar-refractivity contribution in [1.29, 1.82) is 0 Å². The number of alkyl halides is 3. The Bertz CT molecular complexity index is 852. The Morgan fingerprint density at radius 1 is 1.15 bits per heavy atom. The van der Waals surface area contributed by atoms with Crippen LogP contribution >= 0.6 is 0 Å². The number of hydrogen-bond acceptors (Lipinski definition) is 4. The summed E-state index contributed by atoms with van der Waals surface area (Å²) in [7, 11) is 0. The topological polar surface area (TPSA) is 78.9 Å². The van der Waals surface area contributed by atoms with Gasteiger partial charge >= 0.3 is 12.1 Å². The standard InChI is InChI=1S/C18H15F3N2O4/c19-18(20,21)10-23-16(22-14-4-2-1-3-13(14)17(23)26)11-5-7-12(8-6-11)27-9-15(24)25/h1-8,16,22H,9-10H2,(H,24,25)/t16-/m0/s1. The molecule has 0 saturated heterocycles. The number of carbonyl (C=O) groups is 2. The fourth-order valence-corrected chi connectivity index (χ4v) is 2.80. The molecule has 6 nitrogen and oxygen atoms in total. The highest BCUT2D eigenvalue weighted by molar-refractivity contribution is 6.01. The van der Waals surface area contributed by atoms with Crippen LogP contribution in [0.4, 0.5) is 18.9 Å². The molecule has 1 atom stereocenters. The van der Waals surface area contributed by atoms with E-state index in [-0.39, 0.29) is 11.3 Å². The van der Waals surface area contributed by atoms with Crippen molar-refractivity contribution in [3.8, 4) is 5.75 Å². The maximum absolute atomic E-state index is 13.0. The number of rotatable bonds is 5. The fraction of sp³-hybridized carbons (Fsp3) is 0.222. The molecule has 1 heterocycles. The van der Waals surface area contributed by atoms with Crippen molar-refractivity contribution in [1.82, 2.24) is 4.90 Å². The van der Waals surface area contributed by atoms with Crippen molar-refractivity contribution in [3.05, 3.63) is 59.7 Å². The van der Waals surface area contributed by atoms with Gasteiger partial charge in [-0.25, -0.2) is 4.79 Å². The lowest BCUT2D eigenvalue weighted by Crippen LogP contribution is -2.47. The Morgan fingerprint density at radius 3 is 2.44 bits per heavy atom. The molecular weight excluding hydrogens is 365 g/mol. The zero-order valence-electron chi connectivity index (χ0n) is 13.9. The quantitative estimate of drug-likeness (QED) is 0.832. The van der Waals surface area contributed by atoms with Gasteiger partial charge in [-0.05, 0) is 29.8 Å². The molecule has 0 bridgehead atoms. The number of aliphatic carboxylic acids is 1. The van der Waals surface area contributed by atoms with Crippen LogP contribution in [0.3, 0.4) is 0 Å². The molecule has 142 valence electrons. The maximum atomic E-state index is 13.0. The predicted octanol–water partition coefficient (Wildman–Crippen LogP) is 3.28. The van der Waals surface area contributed by atoms with Gasteiger partial charge in [0.2, 0.25) is 0 Å². The Morgan fingerprint density at radius 2 is 1.81 bits per heavy atom. The third-order valence-corrected chi connectivity index (χ3v) is 3.93. The van der Waals surface area contributed by atoms with Gasteiger partial charge in [0.25, 0.3) is 5.91 Å². The zero-order chi connectivity index (χ0) is 19.6. The largest absolute Gasteiger partial charge is 0.482 e. The summed E-state index contributed by atoms with van der Waals surface area (Å²) in [6, 6.07) is 12.2. The van der Waals surface area contributed by atoms with Gasteiger partial charge in [0.15, 0.2) is 6.61 Å². The highest BCUT2D eigenvalue weighted by Gasteiger charge is 2.40. The Balaban J connectivity index is 1.91. The van der Waals surface area contributed by atoms with Gasteiger partial charge < -0.3 is 20.1 Å². The summed E-state index contributed by atoms with van der Waals surface area (Å²) < 4.78 is 44.1. The molecular formula is C18H15F3N2O4. The van der Waals surface area contributed by atoms with Crippen molar-refractivity contribution in [3.63, 3.8) is 0 Å². The van der Waals surface area contributed by atoms with Gasteiger partial charge in [-0.2, -0.15) is 13.2 Å². The highest BCUT2D eigenvalue weighted by Crippen LogP contribution is 2.35. The smallest absolute Gasteiger partial charge is 0.406 e. The molecule has 0 radical (unpaired) electrons. The predicted molar refractivity (Wildman–Crippen MR) is 89.5 cm³/mol. The van der Waals surface area contributed by atoms with E-state index in [2.05, 4.69) is 5.32 Å². The average Bonchev–Trinajstić information content (AvgIpc) is 2.62. The molecule has 1 aliphatic rings. The van der Waals surface area contributed by atoms with E-state index in [4.69, 9.17) is 9.84 Å². The molecule has 1 aliphatic heterocycles. The van der Waals surface area contributed by atoms with Crippen molar-refractivity contribution in [2.24, 2.45) is 0 Å². The second-order valence-electron chi connectivity index (χ2n) is 5.89. The molecule has 0 unspecified atom stereocenters. The monoisotopic (exact) mass is 380 g/mol. The highest BCUT2D eigenvalue weighted by atomic mass is 19.4. The average molecular weight is 380 g/mol. The summed E-state index contributed by atoms with van der Waals surface area (Å²) >= 11 is 0. The number of carbonyl (C=O) groups excluding carboxylic acids is 1. The summed E-state index contributed by atoms with van der Waals surface area (Å²) in [6.07, 6.45) is -5.59. The summed E-state index contributed by atoms with van der Waals surface area (Å²) in [5, 5.41) is 11.6. The number of benzene rings is 2. The minimum Gasteiger partial charge on any atom is -0.482 e. The van der Waals surface area contributed by atoms with Gasteiger partial charge in [0, 0.05) is 5.69 Å². The zero-order valence-corrected chi connectivity index (χ0v) is 13.9. The molecule has 2 aromatic rings. The minimum absolute atomic E-state index is 0.166. The maximum Gasteiger partial charge on any atom is 0.406 e.